The molecule has 27 heavy (non-hydrogen) atoms. The number of nitrogens with zero attached hydrogens (tertiary/aromatic N) is 1. The molecule has 1 N–H and O–H groups in total. The Kier molecular flexibility index (Phi) is 4.28. The summed E-state index contributed by atoms with van der Waals surface area (Å²) in [5.41, 5.74) is 2.33. The highest BCUT2D eigenvalue weighted by Crippen LogP contribution is 2.49. The van der Waals surface area contributed by atoms with Gasteiger partial charge in [0.25, 0.3) is 0 Å². The van der Waals surface area contributed by atoms with Gasteiger partial charge in [0, 0.05) is 25.7 Å². The molecule has 1 amide bonds. The van der Waals surface area contributed by atoms with Crippen molar-refractivity contribution in [2.45, 2.75) is 43.7 Å². The lowest BCUT2D eigenvalue weighted by Crippen LogP contribution is -2.44. The fourth-order valence-electron chi connectivity index (χ4n) is 5.34. The van der Waals surface area contributed by atoms with Gasteiger partial charge in [-0.3, -0.25) is 9.69 Å². The molecule has 3 atom stereocenters. The van der Waals surface area contributed by atoms with Gasteiger partial charge in [-0.2, -0.15) is 0 Å². The van der Waals surface area contributed by atoms with Gasteiger partial charge in [0.15, 0.2) is 0 Å². The third-order valence-electron chi connectivity index (χ3n) is 7.01. The topological polar surface area (TPSA) is 32.3 Å². The van der Waals surface area contributed by atoms with E-state index in [0.717, 1.165) is 38.3 Å². The van der Waals surface area contributed by atoms with Crippen molar-refractivity contribution in [3.8, 4) is 0 Å². The molecule has 1 heterocycles. The Morgan fingerprint density at radius 3 is 2.37 bits per heavy atom. The van der Waals surface area contributed by atoms with E-state index in [2.05, 4.69) is 52.7 Å². The van der Waals surface area contributed by atoms with Gasteiger partial charge >= 0.3 is 0 Å². The molecule has 0 radical (unpaired) electrons. The Labute approximate surface area is 161 Å². The van der Waals surface area contributed by atoms with Gasteiger partial charge in [-0.15, -0.1) is 0 Å². The van der Waals surface area contributed by atoms with Crippen LogP contribution in [0.1, 0.15) is 36.8 Å². The lowest BCUT2D eigenvalue weighted by atomic mass is 9.93. The number of likely N-dealkylation sites (tertiary alicyclic amines) is 1. The van der Waals surface area contributed by atoms with Crippen LogP contribution in [0.3, 0.4) is 0 Å². The van der Waals surface area contributed by atoms with Crippen LogP contribution in [0.25, 0.3) is 0 Å². The van der Waals surface area contributed by atoms with Gasteiger partial charge in [-0.05, 0) is 48.6 Å². The van der Waals surface area contributed by atoms with E-state index in [-0.39, 0.29) is 11.3 Å². The number of carbonyl (C=O) groups excluding carboxylic acids is 1. The van der Waals surface area contributed by atoms with Crippen molar-refractivity contribution in [3.63, 3.8) is 0 Å². The van der Waals surface area contributed by atoms with Crippen molar-refractivity contribution in [3.05, 3.63) is 71.8 Å². The molecule has 0 spiro atoms. The largest absolute Gasteiger partial charge is 0.352 e. The molecule has 1 aliphatic heterocycles. The van der Waals surface area contributed by atoms with Gasteiger partial charge in [0.1, 0.15) is 0 Å². The summed E-state index contributed by atoms with van der Waals surface area (Å²) in [6, 6.07) is 21.4. The van der Waals surface area contributed by atoms with E-state index in [0.29, 0.717) is 12.0 Å². The summed E-state index contributed by atoms with van der Waals surface area (Å²) in [4.78, 5) is 15.7. The maximum atomic E-state index is 13.1. The lowest BCUT2D eigenvalue weighted by molar-refractivity contribution is -0.124. The van der Waals surface area contributed by atoms with E-state index < -0.39 is 0 Å². The second-order valence-corrected chi connectivity index (χ2v) is 8.71. The Bertz CT molecular complexity index is 800. The molecule has 0 unspecified atom stereocenters. The molecule has 3 nitrogen and oxygen atoms in total. The first-order chi connectivity index (χ1) is 13.2. The molecule has 0 aromatic heterocycles. The maximum absolute atomic E-state index is 13.1. The second-order valence-electron chi connectivity index (χ2n) is 8.71. The van der Waals surface area contributed by atoms with E-state index in [1.165, 1.54) is 24.1 Å². The summed E-state index contributed by atoms with van der Waals surface area (Å²) < 4.78 is 0. The summed E-state index contributed by atoms with van der Waals surface area (Å²) in [6.07, 6.45) is 4.37. The number of amides is 1. The number of hydrogen-bond acceptors (Lipinski definition) is 2. The monoisotopic (exact) mass is 360 g/mol. The minimum atomic E-state index is -0.248. The highest BCUT2D eigenvalue weighted by Gasteiger charge is 2.53. The second kappa shape index (κ2) is 6.79. The number of fused-ring (bicyclic) bond motifs is 1. The van der Waals surface area contributed by atoms with Gasteiger partial charge in [0.05, 0.1) is 5.41 Å². The molecular formula is C24H28N2O. The van der Waals surface area contributed by atoms with Crippen LogP contribution in [-0.2, 0) is 16.8 Å². The van der Waals surface area contributed by atoms with Crippen LogP contribution in [0.2, 0.25) is 0 Å². The van der Waals surface area contributed by atoms with Crippen molar-refractivity contribution in [1.29, 1.82) is 0 Å². The first-order valence-corrected chi connectivity index (χ1v) is 10.4. The summed E-state index contributed by atoms with van der Waals surface area (Å²) in [5.74, 6) is 1.62. The Balaban J connectivity index is 1.23. The number of hydrogen-bond donors (Lipinski definition) is 1. The van der Waals surface area contributed by atoms with Crippen molar-refractivity contribution in [1.82, 2.24) is 10.2 Å². The van der Waals surface area contributed by atoms with Gasteiger partial charge in [-0.1, -0.05) is 60.7 Å². The summed E-state index contributed by atoms with van der Waals surface area (Å²) in [6.45, 7) is 3.32. The van der Waals surface area contributed by atoms with Crippen LogP contribution in [0.15, 0.2) is 60.7 Å². The fourth-order valence-corrected chi connectivity index (χ4v) is 5.34. The average Bonchev–Trinajstić information content (AvgIpc) is 3.31. The quantitative estimate of drug-likeness (QED) is 0.881. The number of benzene rings is 2. The molecule has 3 heteroatoms. The number of nitrogens with one attached hydrogen (secondary N) is 1. The van der Waals surface area contributed by atoms with Crippen LogP contribution < -0.4 is 5.32 Å². The fraction of sp³-hybridized carbons (Fsp3) is 0.458. The Morgan fingerprint density at radius 2 is 1.67 bits per heavy atom. The van der Waals surface area contributed by atoms with E-state index in [1.807, 2.05) is 18.2 Å². The van der Waals surface area contributed by atoms with Crippen molar-refractivity contribution < 1.29 is 4.79 Å². The van der Waals surface area contributed by atoms with Gasteiger partial charge in [-0.25, -0.2) is 0 Å². The van der Waals surface area contributed by atoms with Crippen LogP contribution in [0.5, 0.6) is 0 Å². The zero-order chi connectivity index (χ0) is 18.3. The Hall–Kier alpha value is -2.13. The standard InChI is InChI=1S/C24H28N2O/c27-23(24(13-14-24)20-9-5-2-6-10-20)25-22-12-11-19-16-26(17-21(19)22)15-18-7-3-1-4-8-18/h1-10,19,21-22H,11-17H2,(H,25,27)/t19-,21+,22+/m1/s1. The summed E-state index contributed by atoms with van der Waals surface area (Å²) >= 11 is 0. The van der Waals surface area contributed by atoms with Crippen LogP contribution in [0, 0.1) is 11.8 Å². The maximum Gasteiger partial charge on any atom is 0.230 e. The highest BCUT2D eigenvalue weighted by molar-refractivity contribution is 5.91. The van der Waals surface area contributed by atoms with Crippen LogP contribution in [0.4, 0.5) is 0 Å². The number of rotatable bonds is 5. The van der Waals surface area contributed by atoms with Gasteiger partial charge < -0.3 is 5.32 Å². The van der Waals surface area contributed by atoms with Crippen LogP contribution in [-0.4, -0.2) is 29.9 Å². The molecule has 2 aromatic carbocycles. The zero-order valence-corrected chi connectivity index (χ0v) is 15.8. The van der Waals surface area contributed by atoms with E-state index in [1.54, 1.807) is 0 Å². The van der Waals surface area contributed by atoms with Crippen LogP contribution >= 0.6 is 0 Å². The SMILES string of the molecule is O=C(N[C@H]1CC[C@@H]2CN(Cc3ccccc3)C[C@@H]21)C1(c2ccccc2)CC1. The zero-order valence-electron chi connectivity index (χ0n) is 15.8. The van der Waals surface area contributed by atoms with Crippen molar-refractivity contribution in [2.24, 2.45) is 11.8 Å². The summed E-state index contributed by atoms with van der Waals surface area (Å²) in [7, 11) is 0. The molecule has 140 valence electrons. The first-order valence-electron chi connectivity index (χ1n) is 10.4. The predicted octanol–water partition coefficient (Wildman–Crippen LogP) is 3.75. The molecule has 2 aromatic rings. The third-order valence-corrected chi connectivity index (χ3v) is 7.01. The molecule has 2 aliphatic carbocycles. The Morgan fingerprint density at radius 1 is 0.963 bits per heavy atom. The molecule has 3 fully saturated rings. The van der Waals surface area contributed by atoms with E-state index in [4.69, 9.17) is 0 Å². The average molecular weight is 361 g/mol. The third kappa shape index (κ3) is 3.19. The van der Waals surface area contributed by atoms with Crippen molar-refractivity contribution in [2.75, 3.05) is 13.1 Å². The normalized spacial score (nSPS) is 28.7. The molecule has 3 aliphatic rings. The first kappa shape index (κ1) is 17.0. The lowest BCUT2D eigenvalue weighted by Gasteiger charge is -2.24. The predicted molar refractivity (Wildman–Crippen MR) is 107 cm³/mol. The smallest absolute Gasteiger partial charge is 0.230 e. The molecule has 0 bridgehead atoms. The van der Waals surface area contributed by atoms with Crippen molar-refractivity contribution >= 4 is 5.91 Å². The van der Waals surface area contributed by atoms with E-state index in [9.17, 15) is 4.79 Å². The van der Waals surface area contributed by atoms with E-state index >= 15 is 0 Å². The number of carbonyl (C=O) groups is 1. The van der Waals surface area contributed by atoms with Gasteiger partial charge in [0.2, 0.25) is 5.91 Å². The summed E-state index contributed by atoms with van der Waals surface area (Å²) in [5, 5.41) is 3.47. The minimum absolute atomic E-state index is 0.248. The molecule has 1 saturated heterocycles. The minimum Gasteiger partial charge on any atom is -0.352 e. The highest BCUT2D eigenvalue weighted by atomic mass is 16.2. The molecule has 5 rings (SSSR count). The molecular weight excluding hydrogens is 332 g/mol. The molecule has 2 saturated carbocycles.